The number of hydrogen-bond donors (Lipinski definition) is 2. The number of fused-ring (bicyclic) bond motifs is 2. The SMILES string of the molecule is COc1cc2ncnc(Nc3ccc(F)c(O)c3)c2cc1OCCCN1CC2OCCOC2C1. The lowest BCUT2D eigenvalue weighted by molar-refractivity contribution is -0.116. The van der Waals surface area contributed by atoms with E-state index in [4.69, 9.17) is 18.9 Å². The highest BCUT2D eigenvalue weighted by molar-refractivity contribution is 5.93. The van der Waals surface area contributed by atoms with Crippen LogP contribution in [0.15, 0.2) is 36.7 Å². The van der Waals surface area contributed by atoms with Gasteiger partial charge in [-0.15, -0.1) is 0 Å². The number of ether oxygens (including phenoxy) is 4. The van der Waals surface area contributed by atoms with E-state index in [0.29, 0.717) is 53.7 Å². The lowest BCUT2D eigenvalue weighted by Crippen LogP contribution is -2.36. The van der Waals surface area contributed by atoms with Gasteiger partial charge in [-0.2, -0.15) is 0 Å². The lowest BCUT2D eigenvalue weighted by Gasteiger charge is -2.24. The van der Waals surface area contributed by atoms with Gasteiger partial charge < -0.3 is 29.4 Å². The van der Waals surface area contributed by atoms with Gasteiger partial charge in [0.1, 0.15) is 12.1 Å². The number of hydrogen-bond acceptors (Lipinski definition) is 9. The van der Waals surface area contributed by atoms with Crippen molar-refractivity contribution in [3.8, 4) is 17.2 Å². The summed E-state index contributed by atoms with van der Waals surface area (Å²) in [5, 5.41) is 13.5. The molecule has 2 aliphatic rings. The van der Waals surface area contributed by atoms with Crippen molar-refractivity contribution >= 4 is 22.4 Å². The number of nitrogens with one attached hydrogen (secondary N) is 1. The molecule has 0 aliphatic carbocycles. The Morgan fingerprint density at radius 3 is 2.65 bits per heavy atom. The predicted molar refractivity (Wildman–Crippen MR) is 123 cm³/mol. The van der Waals surface area contributed by atoms with Gasteiger partial charge in [0.2, 0.25) is 0 Å². The number of aromatic hydroxyl groups is 1. The largest absolute Gasteiger partial charge is 0.505 e. The molecule has 3 aromatic rings. The Morgan fingerprint density at radius 2 is 1.91 bits per heavy atom. The smallest absolute Gasteiger partial charge is 0.164 e. The number of phenolic OH excluding ortho intramolecular Hbond substituents is 1. The second-order valence-electron chi connectivity index (χ2n) is 8.31. The topological polar surface area (TPSA) is 98.2 Å². The van der Waals surface area contributed by atoms with Crippen molar-refractivity contribution in [1.29, 1.82) is 0 Å². The predicted octanol–water partition coefficient (Wildman–Crippen LogP) is 3.10. The zero-order chi connectivity index (χ0) is 23.5. The summed E-state index contributed by atoms with van der Waals surface area (Å²) in [7, 11) is 1.58. The van der Waals surface area contributed by atoms with Gasteiger partial charge in [0.15, 0.2) is 23.1 Å². The lowest BCUT2D eigenvalue weighted by atomic mass is 10.2. The molecule has 2 saturated heterocycles. The van der Waals surface area contributed by atoms with Crippen LogP contribution < -0.4 is 14.8 Å². The second kappa shape index (κ2) is 9.96. The van der Waals surface area contributed by atoms with Gasteiger partial charge in [-0.25, -0.2) is 14.4 Å². The molecule has 1 aromatic heterocycles. The summed E-state index contributed by atoms with van der Waals surface area (Å²) in [5.41, 5.74) is 1.16. The van der Waals surface area contributed by atoms with E-state index in [2.05, 4.69) is 20.2 Å². The number of nitrogens with zero attached hydrogens (tertiary/aromatic N) is 3. The maximum atomic E-state index is 13.4. The van der Waals surface area contributed by atoms with Crippen molar-refractivity contribution in [3.05, 3.63) is 42.5 Å². The van der Waals surface area contributed by atoms with Crippen LogP contribution in [0.25, 0.3) is 10.9 Å². The second-order valence-corrected chi connectivity index (χ2v) is 8.31. The summed E-state index contributed by atoms with van der Waals surface area (Å²) >= 11 is 0. The third kappa shape index (κ3) is 4.84. The Morgan fingerprint density at radius 1 is 1.12 bits per heavy atom. The van der Waals surface area contributed by atoms with Gasteiger partial charge in [-0.3, -0.25) is 4.90 Å². The van der Waals surface area contributed by atoms with Gasteiger partial charge in [0.25, 0.3) is 0 Å². The van der Waals surface area contributed by atoms with E-state index in [1.54, 1.807) is 13.2 Å². The zero-order valence-corrected chi connectivity index (χ0v) is 18.9. The number of rotatable bonds is 8. The molecule has 9 nitrogen and oxygen atoms in total. The molecule has 34 heavy (non-hydrogen) atoms. The molecule has 0 bridgehead atoms. The molecule has 5 rings (SSSR count). The van der Waals surface area contributed by atoms with E-state index < -0.39 is 11.6 Å². The van der Waals surface area contributed by atoms with Crippen LogP contribution in [-0.4, -0.2) is 78.7 Å². The van der Waals surface area contributed by atoms with Crippen molar-refractivity contribution in [2.24, 2.45) is 0 Å². The summed E-state index contributed by atoms with van der Waals surface area (Å²) in [6, 6.07) is 7.63. The third-order valence-electron chi connectivity index (χ3n) is 6.04. The van der Waals surface area contributed by atoms with Crippen LogP contribution in [0.2, 0.25) is 0 Å². The first-order valence-electron chi connectivity index (χ1n) is 11.3. The Bertz CT molecular complexity index is 1150. The molecule has 0 saturated carbocycles. The molecule has 2 atom stereocenters. The fourth-order valence-electron chi connectivity index (χ4n) is 4.35. The zero-order valence-electron chi connectivity index (χ0n) is 18.9. The van der Waals surface area contributed by atoms with Gasteiger partial charge in [0.05, 0.1) is 44.7 Å². The van der Waals surface area contributed by atoms with Crippen molar-refractivity contribution < 1.29 is 28.4 Å². The molecule has 2 aliphatic heterocycles. The number of halogens is 1. The summed E-state index contributed by atoms with van der Waals surface area (Å²) < 4.78 is 36.5. The van der Waals surface area contributed by atoms with E-state index in [-0.39, 0.29) is 12.2 Å². The Labute approximate surface area is 196 Å². The van der Waals surface area contributed by atoms with E-state index >= 15 is 0 Å². The molecule has 2 aromatic carbocycles. The Kier molecular flexibility index (Phi) is 6.61. The number of methoxy groups -OCH3 is 1. The molecular formula is C24H27FN4O5. The van der Waals surface area contributed by atoms with Gasteiger partial charge >= 0.3 is 0 Å². The minimum absolute atomic E-state index is 0.171. The van der Waals surface area contributed by atoms with Crippen LogP contribution >= 0.6 is 0 Å². The number of benzene rings is 2. The first-order chi connectivity index (χ1) is 16.6. The van der Waals surface area contributed by atoms with Crippen LogP contribution in [0, 0.1) is 5.82 Å². The fourth-order valence-corrected chi connectivity index (χ4v) is 4.35. The first kappa shape index (κ1) is 22.6. The number of likely N-dealkylation sites (tertiary alicyclic amines) is 1. The molecule has 2 unspecified atom stereocenters. The quantitative estimate of drug-likeness (QED) is 0.481. The van der Waals surface area contributed by atoms with Crippen molar-refractivity contribution in [2.75, 3.05) is 51.9 Å². The molecule has 3 heterocycles. The molecule has 0 spiro atoms. The summed E-state index contributed by atoms with van der Waals surface area (Å²) in [5.74, 6) is 0.529. The molecule has 180 valence electrons. The van der Waals surface area contributed by atoms with Crippen molar-refractivity contribution in [3.63, 3.8) is 0 Å². The van der Waals surface area contributed by atoms with Crippen LogP contribution in [-0.2, 0) is 9.47 Å². The van der Waals surface area contributed by atoms with E-state index in [0.717, 1.165) is 26.1 Å². The molecular weight excluding hydrogens is 443 g/mol. The van der Waals surface area contributed by atoms with E-state index in [1.165, 1.54) is 24.5 Å². The third-order valence-corrected chi connectivity index (χ3v) is 6.04. The Balaban J connectivity index is 1.27. The van der Waals surface area contributed by atoms with Crippen molar-refractivity contribution in [1.82, 2.24) is 14.9 Å². The maximum absolute atomic E-state index is 13.4. The van der Waals surface area contributed by atoms with Crippen molar-refractivity contribution in [2.45, 2.75) is 18.6 Å². The molecule has 2 N–H and O–H groups in total. The summed E-state index contributed by atoms with van der Waals surface area (Å²) in [4.78, 5) is 11.0. The molecule has 0 radical (unpaired) electrons. The van der Waals surface area contributed by atoms with Gasteiger partial charge in [-0.1, -0.05) is 0 Å². The fraction of sp³-hybridized carbons (Fsp3) is 0.417. The standard InChI is InChI=1S/C24H27FN4O5/c1-31-20-11-18-16(24(27-14-26-18)28-15-3-4-17(25)19(30)9-15)10-21(20)32-6-2-5-29-12-22-23(13-29)34-8-7-33-22/h3-4,9-11,14,22-23,30H,2,5-8,12-13H2,1H3,(H,26,27,28). The van der Waals surface area contributed by atoms with Crippen LogP contribution in [0.4, 0.5) is 15.9 Å². The highest BCUT2D eigenvalue weighted by Gasteiger charge is 2.36. The monoisotopic (exact) mass is 470 g/mol. The molecule has 2 fully saturated rings. The molecule has 0 amide bonds. The average Bonchev–Trinajstić information content (AvgIpc) is 3.27. The van der Waals surface area contributed by atoms with E-state index in [1.807, 2.05) is 6.07 Å². The summed E-state index contributed by atoms with van der Waals surface area (Å²) in [6.45, 7) is 4.51. The average molecular weight is 471 g/mol. The highest BCUT2D eigenvalue weighted by Crippen LogP contribution is 2.35. The van der Waals surface area contributed by atoms with E-state index in [9.17, 15) is 9.50 Å². The Hall–Kier alpha value is -3.21. The van der Waals surface area contributed by atoms with Crippen LogP contribution in [0.3, 0.4) is 0 Å². The molecule has 10 heteroatoms. The summed E-state index contributed by atoms with van der Waals surface area (Å²) in [6.07, 6.45) is 2.61. The number of aromatic nitrogens is 2. The maximum Gasteiger partial charge on any atom is 0.164 e. The first-order valence-corrected chi connectivity index (χ1v) is 11.3. The van der Waals surface area contributed by atoms with Gasteiger partial charge in [-0.05, 0) is 24.6 Å². The number of anilines is 2. The normalized spacial score (nSPS) is 20.3. The van der Waals surface area contributed by atoms with Crippen LogP contribution in [0.1, 0.15) is 6.42 Å². The minimum atomic E-state index is -0.689. The van der Waals surface area contributed by atoms with Crippen LogP contribution in [0.5, 0.6) is 17.2 Å². The minimum Gasteiger partial charge on any atom is -0.505 e. The number of phenols is 1. The van der Waals surface area contributed by atoms with Gasteiger partial charge in [0, 0.05) is 42.8 Å². The highest BCUT2D eigenvalue weighted by atomic mass is 19.1.